The summed E-state index contributed by atoms with van der Waals surface area (Å²) in [5.74, 6) is -0.0360. The maximum Gasteiger partial charge on any atom is 0.324 e. The third-order valence-electron chi connectivity index (χ3n) is 4.53. The SMILES string of the molecule is Cc1cc2nc3n(c2cc1C)CCS3.O=[N+]([O-])c1cc([N+](=O)[O-])c(O)c([N+](=O)[O-])c1. The van der Waals surface area contributed by atoms with Gasteiger partial charge in [-0.25, -0.2) is 4.98 Å². The summed E-state index contributed by atoms with van der Waals surface area (Å²) in [7, 11) is 0. The van der Waals surface area contributed by atoms with E-state index in [2.05, 4.69) is 35.5 Å². The number of fused-ring (bicyclic) bond motifs is 3. The van der Waals surface area contributed by atoms with Gasteiger partial charge in [0.05, 0.1) is 37.9 Å². The summed E-state index contributed by atoms with van der Waals surface area (Å²) >= 11 is 1.86. The van der Waals surface area contributed by atoms with Gasteiger partial charge in [-0.3, -0.25) is 30.3 Å². The normalized spacial score (nSPS) is 12.2. The van der Waals surface area contributed by atoms with Gasteiger partial charge in [-0.2, -0.15) is 0 Å². The Morgan fingerprint density at radius 2 is 1.53 bits per heavy atom. The van der Waals surface area contributed by atoms with Crippen molar-refractivity contribution in [3.8, 4) is 5.75 Å². The number of nitro groups is 3. The third kappa shape index (κ3) is 3.87. The Hall–Kier alpha value is -3.74. The lowest BCUT2D eigenvalue weighted by atomic mass is 10.1. The maximum absolute atomic E-state index is 10.4. The number of thioether (sulfide) groups is 1. The average Bonchev–Trinajstić information content (AvgIpc) is 3.24. The quantitative estimate of drug-likeness (QED) is 0.476. The predicted octanol–water partition coefficient (Wildman–Crippen LogP) is 3.88. The Morgan fingerprint density at radius 3 is 2.07 bits per heavy atom. The first-order chi connectivity index (χ1) is 14.1. The van der Waals surface area contributed by atoms with E-state index in [4.69, 9.17) is 5.11 Å². The number of nitrogens with zero attached hydrogens (tertiary/aromatic N) is 5. The van der Waals surface area contributed by atoms with E-state index in [0.29, 0.717) is 12.1 Å². The Morgan fingerprint density at radius 1 is 0.967 bits per heavy atom. The van der Waals surface area contributed by atoms with Crippen LogP contribution in [0.3, 0.4) is 0 Å². The number of aromatic hydroxyl groups is 1. The predicted molar refractivity (Wildman–Crippen MR) is 108 cm³/mol. The number of nitro benzene ring substituents is 3. The van der Waals surface area contributed by atoms with E-state index in [1.807, 2.05) is 11.8 Å². The van der Waals surface area contributed by atoms with Crippen molar-refractivity contribution >= 4 is 39.9 Å². The topological polar surface area (TPSA) is 167 Å². The Bertz CT molecular complexity index is 1170. The fraction of sp³-hybridized carbons (Fsp3) is 0.235. The minimum atomic E-state index is -1.21. The average molecular weight is 433 g/mol. The van der Waals surface area contributed by atoms with Crippen molar-refractivity contribution in [3.63, 3.8) is 0 Å². The molecule has 0 fully saturated rings. The van der Waals surface area contributed by atoms with Gasteiger partial charge >= 0.3 is 11.4 Å². The molecule has 0 unspecified atom stereocenters. The smallest absolute Gasteiger partial charge is 0.324 e. The second-order valence-electron chi connectivity index (χ2n) is 6.42. The number of imidazole rings is 1. The molecular weight excluding hydrogens is 418 g/mol. The number of aryl methyl sites for hydroxylation is 3. The fourth-order valence-corrected chi connectivity index (χ4v) is 3.85. The van der Waals surface area contributed by atoms with E-state index in [9.17, 15) is 30.3 Å². The molecule has 0 bridgehead atoms. The second kappa shape index (κ2) is 7.94. The molecule has 0 radical (unpaired) electrons. The highest BCUT2D eigenvalue weighted by Gasteiger charge is 2.30. The van der Waals surface area contributed by atoms with Crippen LogP contribution in [0, 0.1) is 44.2 Å². The summed E-state index contributed by atoms with van der Waals surface area (Å²) in [6, 6.07) is 5.34. The Balaban J connectivity index is 0.000000171. The molecule has 0 aliphatic carbocycles. The van der Waals surface area contributed by atoms with Crippen LogP contribution in [-0.4, -0.2) is 35.2 Å². The fourth-order valence-electron chi connectivity index (χ4n) is 2.89. The summed E-state index contributed by atoms with van der Waals surface area (Å²) in [5, 5.41) is 41.4. The highest BCUT2D eigenvalue weighted by atomic mass is 32.2. The molecule has 1 aliphatic heterocycles. The van der Waals surface area contributed by atoms with Crippen LogP contribution in [0.25, 0.3) is 11.0 Å². The Labute approximate surface area is 172 Å². The van der Waals surface area contributed by atoms with Crippen molar-refractivity contribution in [2.75, 3.05) is 5.75 Å². The van der Waals surface area contributed by atoms with Gasteiger partial charge in [0.1, 0.15) is 0 Å². The zero-order chi connectivity index (χ0) is 22.2. The summed E-state index contributed by atoms with van der Waals surface area (Å²) in [6.07, 6.45) is 0. The van der Waals surface area contributed by atoms with Crippen molar-refractivity contribution in [1.82, 2.24) is 9.55 Å². The van der Waals surface area contributed by atoms with E-state index < -0.39 is 37.6 Å². The van der Waals surface area contributed by atoms with E-state index in [-0.39, 0.29) is 0 Å². The molecule has 12 nitrogen and oxygen atoms in total. The van der Waals surface area contributed by atoms with Gasteiger partial charge in [-0.15, -0.1) is 0 Å². The van der Waals surface area contributed by atoms with Gasteiger partial charge in [0, 0.05) is 12.3 Å². The maximum atomic E-state index is 10.4. The zero-order valence-corrected chi connectivity index (χ0v) is 16.6. The lowest BCUT2D eigenvalue weighted by Gasteiger charge is -2.01. The van der Waals surface area contributed by atoms with Gasteiger partial charge in [0.25, 0.3) is 11.4 Å². The Kier molecular flexibility index (Phi) is 5.56. The minimum absolute atomic E-state index is 0.447. The van der Waals surface area contributed by atoms with Crippen molar-refractivity contribution in [3.05, 3.63) is 65.7 Å². The van der Waals surface area contributed by atoms with Gasteiger partial charge in [-0.1, -0.05) is 11.8 Å². The first-order valence-corrected chi connectivity index (χ1v) is 9.49. The monoisotopic (exact) mass is 433 g/mol. The summed E-state index contributed by atoms with van der Waals surface area (Å²) in [6.45, 7) is 5.42. The van der Waals surface area contributed by atoms with Crippen LogP contribution < -0.4 is 0 Å². The molecular formula is C17H15N5O7S. The van der Waals surface area contributed by atoms with Crippen LogP contribution >= 0.6 is 11.8 Å². The molecule has 0 saturated heterocycles. The largest absolute Gasteiger partial charge is 0.497 e. The van der Waals surface area contributed by atoms with Gasteiger partial charge in [0.15, 0.2) is 5.16 Å². The van der Waals surface area contributed by atoms with Crippen LogP contribution in [0.2, 0.25) is 0 Å². The van der Waals surface area contributed by atoms with Crippen molar-refractivity contribution < 1.29 is 19.9 Å². The van der Waals surface area contributed by atoms with E-state index in [0.717, 1.165) is 12.1 Å². The van der Waals surface area contributed by atoms with Gasteiger partial charge in [0.2, 0.25) is 0 Å². The van der Waals surface area contributed by atoms with Crippen molar-refractivity contribution in [2.24, 2.45) is 0 Å². The van der Waals surface area contributed by atoms with Crippen molar-refractivity contribution in [1.29, 1.82) is 0 Å². The second-order valence-corrected chi connectivity index (χ2v) is 7.49. The molecule has 0 spiro atoms. The summed E-state index contributed by atoms with van der Waals surface area (Å²) in [4.78, 5) is 32.4. The van der Waals surface area contributed by atoms with Crippen LogP contribution in [-0.2, 0) is 6.54 Å². The third-order valence-corrected chi connectivity index (χ3v) is 5.49. The first kappa shape index (κ1) is 21.0. The van der Waals surface area contributed by atoms with Crippen LogP contribution in [0.1, 0.15) is 11.1 Å². The zero-order valence-electron chi connectivity index (χ0n) is 15.8. The molecule has 0 atom stereocenters. The number of rotatable bonds is 3. The summed E-state index contributed by atoms with van der Waals surface area (Å²) < 4.78 is 2.33. The van der Waals surface area contributed by atoms with Crippen molar-refractivity contribution in [2.45, 2.75) is 25.5 Å². The van der Waals surface area contributed by atoms with Gasteiger partial charge < -0.3 is 9.67 Å². The lowest BCUT2D eigenvalue weighted by molar-refractivity contribution is -0.404. The van der Waals surface area contributed by atoms with Crippen LogP contribution in [0.15, 0.2) is 29.4 Å². The molecule has 30 heavy (non-hydrogen) atoms. The number of benzene rings is 2. The first-order valence-electron chi connectivity index (χ1n) is 8.50. The molecule has 0 saturated carbocycles. The minimum Gasteiger partial charge on any atom is -0.497 e. The number of non-ortho nitro benzene ring substituents is 1. The molecule has 3 aromatic rings. The number of hydrogen-bond donors (Lipinski definition) is 1. The molecule has 1 aliphatic rings. The van der Waals surface area contributed by atoms with E-state index in [1.165, 1.54) is 27.6 Å². The number of hydrogen-bond acceptors (Lipinski definition) is 9. The van der Waals surface area contributed by atoms with E-state index >= 15 is 0 Å². The van der Waals surface area contributed by atoms with Crippen LogP contribution in [0.4, 0.5) is 17.1 Å². The van der Waals surface area contributed by atoms with E-state index in [1.54, 1.807) is 0 Å². The van der Waals surface area contributed by atoms with Crippen LogP contribution in [0.5, 0.6) is 5.75 Å². The highest BCUT2D eigenvalue weighted by Crippen LogP contribution is 2.39. The van der Waals surface area contributed by atoms with Gasteiger partial charge in [-0.05, 0) is 37.1 Å². The molecule has 156 valence electrons. The molecule has 2 aromatic carbocycles. The highest BCUT2D eigenvalue weighted by molar-refractivity contribution is 7.99. The number of phenols is 1. The molecule has 0 amide bonds. The standard InChI is InChI=1S/C11H12N2S.C6H3N3O7/c1-7-5-9-10(6-8(7)2)13-3-4-14-11(13)12-9;10-6-4(8(13)14)1-3(7(11)12)2-5(6)9(15)16/h5-6H,3-4H2,1-2H3;1-2,10H. The molecule has 2 heterocycles. The molecule has 1 aromatic heterocycles. The number of aromatic nitrogens is 2. The molecule has 13 heteroatoms. The molecule has 1 N–H and O–H groups in total. The lowest BCUT2D eigenvalue weighted by Crippen LogP contribution is -1.97. The summed E-state index contributed by atoms with van der Waals surface area (Å²) in [5.41, 5.74) is 2.14. The number of phenolic OH excluding ortho intramolecular Hbond substituents is 1. The molecule has 4 rings (SSSR count).